The average molecular weight is 301 g/mol. The van der Waals surface area contributed by atoms with E-state index in [-0.39, 0.29) is 0 Å². The van der Waals surface area contributed by atoms with Gasteiger partial charge in [-0.05, 0) is 19.1 Å². The number of pyridine rings is 1. The molecule has 0 saturated heterocycles. The van der Waals surface area contributed by atoms with Crippen molar-refractivity contribution >= 4 is 28.8 Å². The van der Waals surface area contributed by atoms with Crippen molar-refractivity contribution in [1.82, 2.24) is 15.6 Å². The minimum atomic E-state index is -0.706. The van der Waals surface area contributed by atoms with E-state index in [1.165, 1.54) is 7.05 Å². The first-order valence-electron chi connectivity index (χ1n) is 6.56. The highest BCUT2D eigenvalue weighted by Gasteiger charge is 2.15. The lowest BCUT2D eigenvalue weighted by atomic mass is 10.1. The number of urea groups is 1. The number of carbonyl (C=O) groups excluding carboxylic acids is 3. The summed E-state index contributed by atoms with van der Waals surface area (Å²) in [5.74, 6) is -1.35. The van der Waals surface area contributed by atoms with Crippen molar-refractivity contribution < 1.29 is 19.1 Å². The number of aromatic nitrogens is 1. The van der Waals surface area contributed by atoms with Gasteiger partial charge in [-0.15, -0.1) is 0 Å². The number of ether oxygens (including phenoxy) is 1. The van der Waals surface area contributed by atoms with Crippen molar-refractivity contribution in [2.75, 3.05) is 13.7 Å². The Hall–Kier alpha value is -2.96. The molecule has 0 unspecified atom stereocenters. The highest BCUT2D eigenvalue weighted by Crippen LogP contribution is 2.18. The van der Waals surface area contributed by atoms with Crippen molar-refractivity contribution in [2.24, 2.45) is 0 Å². The lowest BCUT2D eigenvalue weighted by Crippen LogP contribution is -2.39. The van der Waals surface area contributed by atoms with Crippen LogP contribution >= 0.6 is 0 Å². The summed E-state index contributed by atoms with van der Waals surface area (Å²) in [6.07, 6.45) is 0. The van der Waals surface area contributed by atoms with E-state index in [1.54, 1.807) is 31.2 Å². The number of aryl methyl sites for hydroxylation is 1. The zero-order valence-electron chi connectivity index (χ0n) is 12.2. The zero-order valence-corrected chi connectivity index (χ0v) is 12.2. The number of fused-ring (bicyclic) bond motifs is 1. The minimum Gasteiger partial charge on any atom is -0.452 e. The molecule has 1 heterocycles. The van der Waals surface area contributed by atoms with Crippen LogP contribution in [0.1, 0.15) is 16.1 Å². The number of amides is 3. The van der Waals surface area contributed by atoms with Gasteiger partial charge in [0.05, 0.1) is 11.1 Å². The fourth-order valence-electron chi connectivity index (χ4n) is 1.91. The smallest absolute Gasteiger partial charge is 0.339 e. The monoisotopic (exact) mass is 301 g/mol. The number of esters is 1. The van der Waals surface area contributed by atoms with Gasteiger partial charge in [0.25, 0.3) is 5.91 Å². The van der Waals surface area contributed by atoms with E-state index in [4.69, 9.17) is 4.74 Å². The molecule has 0 aliphatic carbocycles. The van der Waals surface area contributed by atoms with Crippen molar-refractivity contribution in [2.45, 2.75) is 6.92 Å². The number of hydrogen-bond donors (Lipinski definition) is 2. The number of rotatable bonds is 3. The first-order valence-corrected chi connectivity index (χ1v) is 6.56. The lowest BCUT2D eigenvalue weighted by Gasteiger charge is -2.08. The normalized spacial score (nSPS) is 10.1. The summed E-state index contributed by atoms with van der Waals surface area (Å²) in [6.45, 7) is 1.23. The first-order chi connectivity index (χ1) is 10.5. The molecule has 0 fully saturated rings. The molecule has 22 heavy (non-hydrogen) atoms. The molecule has 0 atom stereocenters. The highest BCUT2D eigenvalue weighted by atomic mass is 16.5. The molecule has 7 nitrogen and oxygen atoms in total. The van der Waals surface area contributed by atoms with Crippen LogP contribution in [0.4, 0.5) is 4.79 Å². The van der Waals surface area contributed by atoms with E-state index in [9.17, 15) is 14.4 Å². The molecule has 2 rings (SSSR count). The van der Waals surface area contributed by atoms with Crippen LogP contribution in [0.5, 0.6) is 0 Å². The summed E-state index contributed by atoms with van der Waals surface area (Å²) in [7, 11) is 1.38. The maximum atomic E-state index is 12.1. The average Bonchev–Trinajstić information content (AvgIpc) is 2.51. The zero-order chi connectivity index (χ0) is 16.1. The topological polar surface area (TPSA) is 97.4 Å². The Labute approximate surface area is 126 Å². The van der Waals surface area contributed by atoms with Crippen LogP contribution in [0.3, 0.4) is 0 Å². The molecule has 3 amide bonds. The number of benzene rings is 1. The summed E-state index contributed by atoms with van der Waals surface area (Å²) >= 11 is 0. The fourth-order valence-corrected chi connectivity index (χ4v) is 1.91. The predicted octanol–water partition coefficient (Wildman–Crippen LogP) is 1.16. The van der Waals surface area contributed by atoms with E-state index < -0.39 is 24.5 Å². The summed E-state index contributed by atoms with van der Waals surface area (Å²) < 4.78 is 4.94. The van der Waals surface area contributed by atoms with Crippen LogP contribution in [0.15, 0.2) is 30.3 Å². The van der Waals surface area contributed by atoms with E-state index in [1.807, 2.05) is 11.4 Å². The van der Waals surface area contributed by atoms with Crippen molar-refractivity contribution in [3.63, 3.8) is 0 Å². The molecule has 1 aromatic carbocycles. The second kappa shape index (κ2) is 6.66. The van der Waals surface area contributed by atoms with Crippen molar-refractivity contribution in [3.05, 3.63) is 41.6 Å². The van der Waals surface area contributed by atoms with Gasteiger partial charge in [-0.25, -0.2) is 9.59 Å². The Balaban J connectivity index is 2.13. The molecule has 0 saturated carbocycles. The molecular formula is C15H15N3O4. The summed E-state index contributed by atoms with van der Waals surface area (Å²) in [4.78, 5) is 38.8. The summed E-state index contributed by atoms with van der Waals surface area (Å²) in [5, 5.41) is 4.88. The Bertz CT molecular complexity index is 743. The van der Waals surface area contributed by atoms with Gasteiger partial charge in [0, 0.05) is 18.1 Å². The van der Waals surface area contributed by atoms with Gasteiger partial charge in [0.2, 0.25) is 0 Å². The van der Waals surface area contributed by atoms with E-state index >= 15 is 0 Å². The SMILES string of the molecule is CNC(=O)NC(=O)COC(=O)c1cc(C)nc2ccccc12. The molecule has 1 aromatic heterocycles. The number of hydrogen-bond acceptors (Lipinski definition) is 5. The Morgan fingerprint density at radius 3 is 2.68 bits per heavy atom. The van der Waals surface area contributed by atoms with Gasteiger partial charge in [0.15, 0.2) is 6.61 Å². The van der Waals surface area contributed by atoms with Gasteiger partial charge in [-0.3, -0.25) is 15.1 Å². The third-order valence-corrected chi connectivity index (χ3v) is 2.88. The molecule has 0 aliphatic rings. The molecule has 2 N–H and O–H groups in total. The van der Waals surface area contributed by atoms with Gasteiger partial charge < -0.3 is 10.1 Å². The van der Waals surface area contributed by atoms with Crippen LogP contribution in [0.25, 0.3) is 10.9 Å². The highest BCUT2D eigenvalue weighted by molar-refractivity contribution is 6.04. The van der Waals surface area contributed by atoms with Crippen LogP contribution < -0.4 is 10.6 Å². The molecule has 2 aromatic rings. The van der Waals surface area contributed by atoms with E-state index in [2.05, 4.69) is 10.3 Å². The van der Waals surface area contributed by atoms with Gasteiger partial charge in [-0.2, -0.15) is 0 Å². The van der Waals surface area contributed by atoms with Crippen molar-refractivity contribution in [3.8, 4) is 0 Å². The molecule has 0 radical (unpaired) electrons. The molecule has 114 valence electrons. The molecule has 0 aliphatic heterocycles. The largest absolute Gasteiger partial charge is 0.452 e. The maximum absolute atomic E-state index is 12.1. The first kappa shape index (κ1) is 15.4. The minimum absolute atomic E-state index is 0.329. The van der Waals surface area contributed by atoms with Gasteiger partial charge in [0.1, 0.15) is 0 Å². The Morgan fingerprint density at radius 2 is 1.95 bits per heavy atom. The maximum Gasteiger partial charge on any atom is 0.339 e. The summed E-state index contributed by atoms with van der Waals surface area (Å²) in [6, 6.07) is 8.09. The Morgan fingerprint density at radius 1 is 1.23 bits per heavy atom. The van der Waals surface area contributed by atoms with E-state index in [0.29, 0.717) is 22.2 Å². The molecule has 7 heteroatoms. The predicted molar refractivity (Wildman–Crippen MR) is 79.4 cm³/mol. The number of para-hydroxylation sites is 1. The van der Waals surface area contributed by atoms with Crippen LogP contribution in [-0.2, 0) is 9.53 Å². The number of carbonyl (C=O) groups is 3. The third kappa shape index (κ3) is 3.57. The second-order valence-electron chi connectivity index (χ2n) is 4.53. The van der Waals surface area contributed by atoms with Gasteiger partial charge in [-0.1, -0.05) is 18.2 Å². The molecule has 0 spiro atoms. The van der Waals surface area contributed by atoms with Crippen molar-refractivity contribution in [1.29, 1.82) is 0 Å². The second-order valence-corrected chi connectivity index (χ2v) is 4.53. The fraction of sp³-hybridized carbons (Fsp3) is 0.200. The van der Waals surface area contributed by atoms with Crippen LogP contribution in [0.2, 0.25) is 0 Å². The van der Waals surface area contributed by atoms with E-state index in [0.717, 1.165) is 0 Å². The van der Waals surface area contributed by atoms with Crippen LogP contribution in [0, 0.1) is 6.92 Å². The number of nitrogens with zero attached hydrogens (tertiary/aromatic N) is 1. The van der Waals surface area contributed by atoms with Crippen LogP contribution in [-0.4, -0.2) is 36.5 Å². The summed E-state index contributed by atoms with van der Waals surface area (Å²) in [5.41, 5.74) is 1.67. The third-order valence-electron chi connectivity index (χ3n) is 2.88. The number of nitrogens with one attached hydrogen (secondary N) is 2. The van der Waals surface area contributed by atoms with Gasteiger partial charge >= 0.3 is 12.0 Å². The Kier molecular flexibility index (Phi) is 4.67. The standard InChI is InChI=1S/C15H15N3O4/c1-9-7-11(10-5-3-4-6-12(10)17-9)14(20)22-8-13(19)18-15(21)16-2/h3-7H,8H2,1-2H3,(H2,16,18,19,21). The molecule has 0 bridgehead atoms. The quantitative estimate of drug-likeness (QED) is 0.829. The lowest BCUT2D eigenvalue weighted by molar-refractivity contribution is -0.123. The number of imide groups is 1. The molecular weight excluding hydrogens is 286 g/mol.